The van der Waals surface area contributed by atoms with Crippen LogP contribution in [-0.4, -0.2) is 31.6 Å². The third-order valence-corrected chi connectivity index (χ3v) is 5.07. The molecule has 0 bridgehead atoms. The van der Waals surface area contributed by atoms with Gasteiger partial charge in [0, 0.05) is 5.56 Å². The van der Waals surface area contributed by atoms with Gasteiger partial charge in [-0.15, -0.1) is 18.3 Å². The normalized spacial score (nSPS) is 11.7. The number of alkyl halides is 3. The van der Waals surface area contributed by atoms with E-state index in [1.54, 1.807) is 12.3 Å². The van der Waals surface area contributed by atoms with Crippen LogP contribution < -0.4 is 9.42 Å². The molecule has 0 aliphatic rings. The molecule has 2 aromatic carbocycles. The van der Waals surface area contributed by atoms with E-state index < -0.39 is 29.6 Å². The predicted molar refractivity (Wildman–Crippen MR) is 113 cm³/mol. The van der Waals surface area contributed by atoms with Crippen LogP contribution in [0.25, 0.3) is 33.7 Å². The fourth-order valence-electron chi connectivity index (χ4n) is 3.44. The molecule has 5 aromatic rings. The van der Waals surface area contributed by atoms with Gasteiger partial charge >= 0.3 is 6.36 Å². The quantitative estimate of drug-likeness (QED) is 0.277. The van der Waals surface area contributed by atoms with Crippen LogP contribution in [0.4, 0.5) is 26.3 Å². The summed E-state index contributed by atoms with van der Waals surface area (Å²) in [5, 5.41) is 12.3. The van der Waals surface area contributed by atoms with Crippen LogP contribution in [-0.2, 0) is 6.54 Å². The minimum Gasteiger partial charge on any atom is -0.403 e. The lowest BCUT2D eigenvalue weighted by atomic mass is 10.1. The Balaban J connectivity index is 1.34. The summed E-state index contributed by atoms with van der Waals surface area (Å²) in [6, 6.07) is 9.87. The standard InChI is InChI=1S/C23H12F6N6O/c24-15-3-1-2-14(21(15)26)22-31-18-9-30-35(11-19(18)32-22)10-13-5-6-17(34-33-13)12-4-7-20(16(25)8-12)36-23(27,28)29/h1-9,11H,10H2/p+1. The predicted octanol–water partition coefficient (Wildman–Crippen LogP) is 4.73. The molecule has 0 atom stereocenters. The van der Waals surface area contributed by atoms with Crippen LogP contribution >= 0.6 is 0 Å². The maximum atomic E-state index is 14.1. The zero-order valence-electron chi connectivity index (χ0n) is 17.9. The third-order valence-electron chi connectivity index (χ3n) is 5.07. The minimum absolute atomic E-state index is 0.0198. The van der Waals surface area contributed by atoms with Crippen molar-refractivity contribution >= 4 is 11.0 Å². The van der Waals surface area contributed by atoms with Gasteiger partial charge in [0.2, 0.25) is 12.7 Å². The highest BCUT2D eigenvalue weighted by Gasteiger charge is 2.32. The van der Waals surface area contributed by atoms with E-state index in [0.29, 0.717) is 16.7 Å². The number of aromatic nitrogens is 6. The average molecular weight is 503 g/mol. The highest BCUT2D eigenvalue weighted by Crippen LogP contribution is 2.29. The Morgan fingerprint density at radius 1 is 0.944 bits per heavy atom. The highest BCUT2D eigenvalue weighted by molar-refractivity contribution is 5.77. The van der Waals surface area contributed by atoms with Crippen LogP contribution in [0.3, 0.4) is 0 Å². The van der Waals surface area contributed by atoms with Gasteiger partial charge in [-0.25, -0.2) is 18.2 Å². The molecule has 3 aromatic heterocycles. The van der Waals surface area contributed by atoms with E-state index in [-0.39, 0.29) is 29.2 Å². The van der Waals surface area contributed by atoms with Crippen molar-refractivity contribution in [1.82, 2.24) is 25.3 Å². The number of hydrogen-bond donors (Lipinski definition) is 1. The number of hydrogen-bond acceptors (Lipinski definition) is 5. The van der Waals surface area contributed by atoms with Crippen LogP contribution in [0.1, 0.15) is 5.69 Å². The number of nitrogens with zero attached hydrogens (tertiary/aromatic N) is 5. The largest absolute Gasteiger partial charge is 0.573 e. The molecule has 36 heavy (non-hydrogen) atoms. The molecule has 0 aliphatic heterocycles. The molecule has 0 saturated carbocycles. The van der Waals surface area contributed by atoms with Crippen molar-refractivity contribution in [2.75, 3.05) is 0 Å². The molecule has 5 rings (SSSR count). The fraction of sp³-hybridized carbons (Fsp3) is 0.0870. The lowest BCUT2D eigenvalue weighted by Gasteiger charge is -2.10. The second-order valence-corrected chi connectivity index (χ2v) is 7.56. The molecule has 0 fully saturated rings. The number of benzene rings is 2. The summed E-state index contributed by atoms with van der Waals surface area (Å²) in [5.41, 5.74) is 1.86. The molecule has 0 spiro atoms. The average Bonchev–Trinajstić information content (AvgIpc) is 3.25. The minimum atomic E-state index is -5.01. The van der Waals surface area contributed by atoms with Crippen molar-refractivity contribution in [3.05, 3.63) is 84.1 Å². The first-order valence-electron chi connectivity index (χ1n) is 10.2. The van der Waals surface area contributed by atoms with Crippen molar-refractivity contribution in [1.29, 1.82) is 0 Å². The molecular weight excluding hydrogens is 490 g/mol. The van der Waals surface area contributed by atoms with Gasteiger partial charge in [0.25, 0.3) is 0 Å². The lowest BCUT2D eigenvalue weighted by Crippen LogP contribution is -2.38. The van der Waals surface area contributed by atoms with Gasteiger partial charge in [-0.2, -0.15) is 5.10 Å². The lowest BCUT2D eigenvalue weighted by molar-refractivity contribution is -0.745. The Kier molecular flexibility index (Phi) is 5.74. The first-order valence-corrected chi connectivity index (χ1v) is 10.2. The summed E-state index contributed by atoms with van der Waals surface area (Å²) in [6.07, 6.45) is -1.96. The third kappa shape index (κ3) is 4.80. The van der Waals surface area contributed by atoms with Gasteiger partial charge in [0.1, 0.15) is 28.7 Å². The molecule has 0 amide bonds. The Morgan fingerprint density at radius 3 is 2.50 bits per heavy atom. The molecule has 3 heterocycles. The zero-order chi connectivity index (χ0) is 25.4. The molecule has 7 nitrogen and oxygen atoms in total. The van der Waals surface area contributed by atoms with Crippen molar-refractivity contribution < 1.29 is 35.8 Å². The van der Waals surface area contributed by atoms with E-state index in [2.05, 4.69) is 30.0 Å². The van der Waals surface area contributed by atoms with Gasteiger partial charge < -0.3 is 9.72 Å². The van der Waals surface area contributed by atoms with Crippen molar-refractivity contribution in [2.24, 2.45) is 0 Å². The first kappa shape index (κ1) is 23.2. The number of ether oxygens (including phenoxy) is 1. The van der Waals surface area contributed by atoms with Gasteiger partial charge in [-0.05, 0) is 47.6 Å². The molecule has 0 saturated heterocycles. The molecule has 0 aliphatic carbocycles. The van der Waals surface area contributed by atoms with Crippen molar-refractivity contribution in [2.45, 2.75) is 12.9 Å². The topological polar surface area (TPSA) is 80.5 Å². The smallest absolute Gasteiger partial charge is 0.403 e. The number of H-pyrrole nitrogens is 1. The van der Waals surface area contributed by atoms with E-state index in [1.807, 2.05) is 0 Å². The van der Waals surface area contributed by atoms with E-state index >= 15 is 0 Å². The van der Waals surface area contributed by atoms with Crippen molar-refractivity contribution in [3.63, 3.8) is 0 Å². The SMILES string of the molecule is Fc1cc(-c2ccc(C[n+]3cc4[nH]c(-c5cccc(F)c5F)nc4cn3)nn2)ccc1OC(F)(F)F. The van der Waals surface area contributed by atoms with Crippen LogP contribution in [0, 0.1) is 17.5 Å². The maximum Gasteiger partial charge on any atom is 0.573 e. The second kappa shape index (κ2) is 8.91. The van der Waals surface area contributed by atoms with E-state index in [1.165, 1.54) is 35.1 Å². The molecule has 0 unspecified atom stereocenters. The molecule has 1 N–H and O–H groups in total. The second-order valence-electron chi connectivity index (χ2n) is 7.56. The van der Waals surface area contributed by atoms with Gasteiger partial charge in [0.15, 0.2) is 23.2 Å². The van der Waals surface area contributed by atoms with E-state index in [9.17, 15) is 26.3 Å². The van der Waals surface area contributed by atoms with Gasteiger partial charge in [-0.1, -0.05) is 10.7 Å². The summed E-state index contributed by atoms with van der Waals surface area (Å²) in [4.78, 5) is 7.17. The summed E-state index contributed by atoms with van der Waals surface area (Å²) < 4.78 is 83.7. The van der Waals surface area contributed by atoms with E-state index in [4.69, 9.17) is 0 Å². The molecule has 0 radical (unpaired) electrons. The van der Waals surface area contributed by atoms with Crippen LogP contribution in [0.2, 0.25) is 0 Å². The summed E-state index contributed by atoms with van der Waals surface area (Å²) >= 11 is 0. The van der Waals surface area contributed by atoms with E-state index in [0.717, 1.165) is 18.2 Å². The Labute approximate surface area is 198 Å². The molecular formula is C23H13F6N6O+. The van der Waals surface area contributed by atoms with Gasteiger partial charge in [0.05, 0.1) is 11.3 Å². The Hall–Kier alpha value is -4.55. The highest BCUT2D eigenvalue weighted by atomic mass is 19.4. The number of nitrogens with one attached hydrogen (secondary N) is 1. The summed E-state index contributed by atoms with van der Waals surface area (Å²) in [6.45, 7) is 0.179. The fourth-order valence-corrected chi connectivity index (χ4v) is 3.44. The van der Waals surface area contributed by atoms with Crippen LogP contribution in [0.5, 0.6) is 5.75 Å². The monoisotopic (exact) mass is 503 g/mol. The Bertz CT molecular complexity index is 1570. The molecule has 13 heteroatoms. The first-order chi connectivity index (χ1) is 17.2. The number of imidazole rings is 1. The Morgan fingerprint density at radius 2 is 1.78 bits per heavy atom. The number of rotatable bonds is 5. The maximum absolute atomic E-state index is 14.1. The summed E-state index contributed by atoms with van der Waals surface area (Å²) in [7, 11) is 0. The number of fused-ring (bicyclic) bond motifs is 1. The summed E-state index contributed by atoms with van der Waals surface area (Å²) in [5.74, 6) is -4.01. The zero-order valence-corrected chi connectivity index (χ0v) is 17.9. The number of halogens is 6. The van der Waals surface area contributed by atoms with Crippen LogP contribution in [0.15, 0.2) is 60.9 Å². The number of aromatic amines is 1. The molecule has 182 valence electrons. The van der Waals surface area contributed by atoms with Gasteiger partial charge in [-0.3, -0.25) is 0 Å². The van der Waals surface area contributed by atoms with Crippen molar-refractivity contribution in [3.8, 4) is 28.4 Å².